The van der Waals surface area contributed by atoms with Gasteiger partial charge in [0.2, 0.25) is 0 Å². The van der Waals surface area contributed by atoms with Crippen LogP contribution in [0.5, 0.6) is 0 Å². The van der Waals surface area contributed by atoms with Gasteiger partial charge in [-0.1, -0.05) is 36.9 Å². The highest BCUT2D eigenvalue weighted by Crippen LogP contribution is 2.14. The van der Waals surface area contributed by atoms with Gasteiger partial charge in [-0.2, -0.15) is 0 Å². The Labute approximate surface area is 66.4 Å². The molecular formula is C10H11F. The predicted octanol–water partition coefficient (Wildman–Crippen LogP) is 3.06. The Bertz CT molecular complexity index is 226. The SMILES string of the molecule is C=C(CCF)c1ccccc1. The number of benzene rings is 1. The smallest absolute Gasteiger partial charge is 0.0934 e. The van der Waals surface area contributed by atoms with Crippen molar-refractivity contribution in [2.45, 2.75) is 6.42 Å². The molecular weight excluding hydrogens is 139 g/mol. The van der Waals surface area contributed by atoms with E-state index in [1.165, 1.54) is 0 Å². The zero-order valence-corrected chi connectivity index (χ0v) is 6.39. The second kappa shape index (κ2) is 3.91. The van der Waals surface area contributed by atoms with Crippen molar-refractivity contribution in [1.82, 2.24) is 0 Å². The molecule has 1 aromatic carbocycles. The number of halogens is 1. The van der Waals surface area contributed by atoms with Crippen molar-refractivity contribution >= 4 is 5.57 Å². The molecule has 0 atom stereocenters. The van der Waals surface area contributed by atoms with E-state index in [-0.39, 0.29) is 6.67 Å². The van der Waals surface area contributed by atoms with Gasteiger partial charge in [-0.25, -0.2) is 0 Å². The summed E-state index contributed by atoms with van der Waals surface area (Å²) in [6.45, 7) is 3.45. The summed E-state index contributed by atoms with van der Waals surface area (Å²) in [5.74, 6) is 0. The van der Waals surface area contributed by atoms with Crippen molar-refractivity contribution < 1.29 is 4.39 Å². The number of alkyl halides is 1. The van der Waals surface area contributed by atoms with Gasteiger partial charge >= 0.3 is 0 Å². The zero-order valence-electron chi connectivity index (χ0n) is 6.39. The fraction of sp³-hybridized carbons (Fsp3) is 0.200. The summed E-state index contributed by atoms with van der Waals surface area (Å²) >= 11 is 0. The summed E-state index contributed by atoms with van der Waals surface area (Å²) in [6, 6.07) is 9.68. The molecule has 0 aliphatic rings. The highest BCUT2D eigenvalue weighted by Gasteiger charge is 1.95. The summed E-state index contributed by atoms with van der Waals surface area (Å²) < 4.78 is 11.9. The minimum Gasteiger partial charge on any atom is -0.251 e. The maximum atomic E-state index is 11.9. The van der Waals surface area contributed by atoms with Gasteiger partial charge in [-0.05, 0) is 11.1 Å². The third-order valence-electron chi connectivity index (χ3n) is 1.58. The zero-order chi connectivity index (χ0) is 8.10. The maximum Gasteiger partial charge on any atom is 0.0934 e. The Morgan fingerprint density at radius 3 is 2.45 bits per heavy atom. The molecule has 0 amide bonds. The fourth-order valence-electron chi connectivity index (χ4n) is 0.932. The predicted molar refractivity (Wildman–Crippen MR) is 46.1 cm³/mol. The van der Waals surface area contributed by atoms with Crippen molar-refractivity contribution in [2.24, 2.45) is 0 Å². The van der Waals surface area contributed by atoms with Crippen LogP contribution in [0, 0.1) is 0 Å². The Morgan fingerprint density at radius 2 is 1.91 bits per heavy atom. The highest BCUT2D eigenvalue weighted by molar-refractivity contribution is 5.62. The number of hydrogen-bond acceptors (Lipinski definition) is 0. The molecule has 0 N–H and O–H groups in total. The van der Waals surface area contributed by atoms with E-state index in [9.17, 15) is 4.39 Å². The maximum absolute atomic E-state index is 11.9. The fourth-order valence-corrected chi connectivity index (χ4v) is 0.932. The molecule has 11 heavy (non-hydrogen) atoms. The normalized spacial score (nSPS) is 9.55. The van der Waals surface area contributed by atoms with Gasteiger partial charge in [0.25, 0.3) is 0 Å². The lowest BCUT2D eigenvalue weighted by molar-refractivity contribution is 0.505. The summed E-state index contributed by atoms with van der Waals surface area (Å²) in [5.41, 5.74) is 1.90. The molecule has 0 unspecified atom stereocenters. The van der Waals surface area contributed by atoms with Crippen LogP contribution in [-0.4, -0.2) is 6.67 Å². The summed E-state index contributed by atoms with van der Waals surface area (Å²) in [6.07, 6.45) is 0.435. The Morgan fingerprint density at radius 1 is 1.27 bits per heavy atom. The molecule has 1 rings (SSSR count). The Balaban J connectivity index is 2.69. The van der Waals surface area contributed by atoms with E-state index >= 15 is 0 Å². The molecule has 0 aliphatic heterocycles. The van der Waals surface area contributed by atoms with Crippen LogP contribution in [0.2, 0.25) is 0 Å². The molecule has 0 nitrogen and oxygen atoms in total. The standard InChI is InChI=1S/C10H11F/c1-9(7-8-11)10-5-3-2-4-6-10/h2-6H,1,7-8H2. The molecule has 0 heterocycles. The van der Waals surface area contributed by atoms with Crippen LogP contribution in [0.25, 0.3) is 5.57 Å². The van der Waals surface area contributed by atoms with Gasteiger partial charge in [0, 0.05) is 6.42 Å². The number of allylic oxidation sites excluding steroid dienone is 1. The highest BCUT2D eigenvalue weighted by atomic mass is 19.1. The third-order valence-corrected chi connectivity index (χ3v) is 1.58. The quantitative estimate of drug-likeness (QED) is 0.621. The van der Waals surface area contributed by atoms with Crippen LogP contribution >= 0.6 is 0 Å². The number of rotatable bonds is 3. The van der Waals surface area contributed by atoms with Crippen LogP contribution in [0.1, 0.15) is 12.0 Å². The molecule has 0 spiro atoms. The molecule has 0 bridgehead atoms. The van der Waals surface area contributed by atoms with E-state index in [0.717, 1.165) is 11.1 Å². The topological polar surface area (TPSA) is 0 Å². The van der Waals surface area contributed by atoms with Crippen molar-refractivity contribution in [2.75, 3.05) is 6.67 Å². The minimum atomic E-state index is -0.326. The molecule has 0 aliphatic carbocycles. The van der Waals surface area contributed by atoms with Gasteiger partial charge in [0.15, 0.2) is 0 Å². The van der Waals surface area contributed by atoms with E-state index in [2.05, 4.69) is 6.58 Å². The summed E-state index contributed by atoms with van der Waals surface area (Å²) in [5, 5.41) is 0. The van der Waals surface area contributed by atoms with E-state index in [4.69, 9.17) is 0 Å². The van der Waals surface area contributed by atoms with E-state index < -0.39 is 0 Å². The lowest BCUT2D eigenvalue weighted by Crippen LogP contribution is -1.82. The van der Waals surface area contributed by atoms with Gasteiger partial charge in [0.05, 0.1) is 6.67 Å². The van der Waals surface area contributed by atoms with Crippen LogP contribution in [-0.2, 0) is 0 Å². The van der Waals surface area contributed by atoms with E-state index in [1.54, 1.807) is 0 Å². The molecule has 0 aromatic heterocycles. The molecule has 0 saturated carbocycles. The molecule has 0 saturated heterocycles. The Kier molecular flexibility index (Phi) is 2.84. The first kappa shape index (κ1) is 7.99. The van der Waals surface area contributed by atoms with Gasteiger partial charge in [0.1, 0.15) is 0 Å². The van der Waals surface area contributed by atoms with E-state index in [0.29, 0.717) is 6.42 Å². The largest absolute Gasteiger partial charge is 0.251 e. The van der Waals surface area contributed by atoms with Crippen molar-refractivity contribution in [3.63, 3.8) is 0 Å². The van der Waals surface area contributed by atoms with Crippen LogP contribution in [0.15, 0.2) is 36.9 Å². The van der Waals surface area contributed by atoms with Crippen LogP contribution < -0.4 is 0 Å². The van der Waals surface area contributed by atoms with Crippen molar-refractivity contribution in [3.8, 4) is 0 Å². The summed E-state index contributed by atoms with van der Waals surface area (Å²) in [7, 11) is 0. The number of hydrogen-bond donors (Lipinski definition) is 0. The van der Waals surface area contributed by atoms with Gasteiger partial charge < -0.3 is 0 Å². The Hall–Kier alpha value is -1.11. The first-order valence-electron chi connectivity index (χ1n) is 3.64. The van der Waals surface area contributed by atoms with E-state index in [1.807, 2.05) is 30.3 Å². The lowest BCUT2D eigenvalue weighted by Gasteiger charge is -2.00. The van der Waals surface area contributed by atoms with Crippen molar-refractivity contribution in [3.05, 3.63) is 42.5 Å². The minimum absolute atomic E-state index is 0.326. The average Bonchev–Trinajstić information content (AvgIpc) is 2.07. The van der Waals surface area contributed by atoms with Crippen molar-refractivity contribution in [1.29, 1.82) is 0 Å². The van der Waals surface area contributed by atoms with Gasteiger partial charge in [-0.15, -0.1) is 0 Å². The third kappa shape index (κ3) is 2.19. The second-order valence-corrected chi connectivity index (χ2v) is 2.41. The summed E-state index contributed by atoms with van der Waals surface area (Å²) in [4.78, 5) is 0. The molecule has 1 aromatic rings. The lowest BCUT2D eigenvalue weighted by atomic mass is 10.1. The van der Waals surface area contributed by atoms with Crippen LogP contribution in [0.4, 0.5) is 4.39 Å². The molecule has 0 fully saturated rings. The van der Waals surface area contributed by atoms with Crippen LogP contribution in [0.3, 0.4) is 0 Å². The average molecular weight is 150 g/mol. The molecule has 58 valence electrons. The van der Waals surface area contributed by atoms with Gasteiger partial charge in [-0.3, -0.25) is 4.39 Å². The first-order chi connectivity index (χ1) is 5.34. The monoisotopic (exact) mass is 150 g/mol. The second-order valence-electron chi connectivity index (χ2n) is 2.41. The molecule has 1 heteroatoms. The first-order valence-corrected chi connectivity index (χ1v) is 3.64. The molecule has 0 radical (unpaired) electrons.